The number of ketones is 1. The Morgan fingerprint density at radius 2 is 1.79 bits per heavy atom. The van der Waals surface area contributed by atoms with E-state index in [-0.39, 0.29) is 17.9 Å². The zero-order valence-electron chi connectivity index (χ0n) is 16.2. The zero-order chi connectivity index (χ0) is 19.7. The van der Waals surface area contributed by atoms with Gasteiger partial charge in [0.1, 0.15) is 6.10 Å². The zero-order valence-corrected chi connectivity index (χ0v) is 17.0. The molecule has 0 aromatic heterocycles. The molecule has 2 aliphatic carbocycles. The highest BCUT2D eigenvalue weighted by atomic mass is 35.5. The highest BCUT2D eigenvalue weighted by Gasteiger charge is 2.39. The van der Waals surface area contributed by atoms with E-state index in [0.717, 1.165) is 61.1 Å². The summed E-state index contributed by atoms with van der Waals surface area (Å²) < 4.78 is 5.89. The number of benzene rings is 1. The first-order valence-electron chi connectivity index (χ1n) is 10.2. The Balaban J connectivity index is 1.72. The minimum absolute atomic E-state index is 0.0233. The molecule has 0 amide bonds. The van der Waals surface area contributed by atoms with E-state index in [4.69, 9.17) is 16.3 Å². The summed E-state index contributed by atoms with van der Waals surface area (Å²) in [6.45, 7) is 1.91. The number of dihydropyridines is 1. The average Bonchev–Trinajstić information content (AvgIpc) is 2.68. The van der Waals surface area contributed by atoms with Crippen molar-refractivity contribution in [3.05, 3.63) is 57.4 Å². The fraction of sp³-hybridized carbons (Fsp3) is 0.478. The van der Waals surface area contributed by atoms with E-state index in [1.165, 1.54) is 6.42 Å². The summed E-state index contributed by atoms with van der Waals surface area (Å²) in [6.07, 6.45) is 7.41. The van der Waals surface area contributed by atoms with Gasteiger partial charge in [0.25, 0.3) is 0 Å². The number of carbonyl (C=O) groups is 2. The molecule has 4 nitrogen and oxygen atoms in total. The molecule has 4 rings (SSSR count). The SMILES string of the molecule is CC1=C(C(=O)OC2CCCCC2)[C@H](c2ccc(Cl)cc2)C2=C(CCCC2=O)N1. The van der Waals surface area contributed by atoms with Gasteiger partial charge in [-0.25, -0.2) is 4.79 Å². The Kier molecular flexibility index (Phi) is 5.58. The Hall–Kier alpha value is -2.07. The molecule has 28 heavy (non-hydrogen) atoms. The third kappa shape index (κ3) is 3.75. The van der Waals surface area contributed by atoms with Crippen LogP contribution < -0.4 is 5.32 Å². The maximum Gasteiger partial charge on any atom is 0.337 e. The average molecular weight is 400 g/mol. The summed E-state index contributed by atoms with van der Waals surface area (Å²) in [6, 6.07) is 7.44. The van der Waals surface area contributed by atoms with Gasteiger partial charge < -0.3 is 10.1 Å². The fourth-order valence-corrected chi connectivity index (χ4v) is 4.77. The van der Waals surface area contributed by atoms with E-state index in [9.17, 15) is 9.59 Å². The number of nitrogens with one attached hydrogen (secondary N) is 1. The molecule has 0 spiro atoms. The number of esters is 1. The molecule has 1 atom stereocenters. The second-order valence-corrected chi connectivity index (χ2v) is 8.42. The summed E-state index contributed by atoms with van der Waals surface area (Å²) in [7, 11) is 0. The lowest BCUT2D eigenvalue weighted by Gasteiger charge is -2.35. The van der Waals surface area contributed by atoms with Crippen LogP contribution in [0.3, 0.4) is 0 Å². The van der Waals surface area contributed by atoms with Crippen molar-refractivity contribution in [2.45, 2.75) is 70.3 Å². The Morgan fingerprint density at radius 3 is 2.50 bits per heavy atom. The van der Waals surface area contributed by atoms with E-state index in [2.05, 4.69) is 5.32 Å². The molecule has 1 fully saturated rings. The summed E-state index contributed by atoms with van der Waals surface area (Å²) in [5, 5.41) is 3.97. The van der Waals surface area contributed by atoms with E-state index in [1.54, 1.807) is 0 Å². The summed E-state index contributed by atoms with van der Waals surface area (Å²) >= 11 is 6.08. The monoisotopic (exact) mass is 399 g/mol. The summed E-state index contributed by atoms with van der Waals surface area (Å²) in [4.78, 5) is 26.1. The minimum Gasteiger partial charge on any atom is -0.459 e. The number of carbonyl (C=O) groups excluding carboxylic acids is 2. The van der Waals surface area contributed by atoms with Crippen molar-refractivity contribution in [3.63, 3.8) is 0 Å². The standard InChI is InChI=1S/C23H26ClNO3/c1-14-20(23(27)28-17-6-3-2-4-7-17)21(15-10-12-16(24)13-11-15)22-18(25-14)8-5-9-19(22)26/h10-13,17,21,25H,2-9H2,1H3/t21-/m0/s1. The smallest absolute Gasteiger partial charge is 0.337 e. The van der Waals surface area contributed by atoms with Crippen molar-refractivity contribution in [2.75, 3.05) is 0 Å². The Morgan fingerprint density at radius 1 is 1.07 bits per heavy atom. The molecular formula is C23H26ClNO3. The van der Waals surface area contributed by atoms with E-state index in [0.29, 0.717) is 17.0 Å². The molecule has 0 bridgehead atoms. The molecule has 5 heteroatoms. The molecule has 1 aliphatic heterocycles. The van der Waals surface area contributed by atoms with Crippen LogP contribution in [0.5, 0.6) is 0 Å². The molecule has 0 radical (unpaired) electrons. The predicted octanol–water partition coefficient (Wildman–Crippen LogP) is 5.18. The molecule has 1 saturated carbocycles. The highest BCUT2D eigenvalue weighted by Crippen LogP contribution is 2.43. The molecule has 1 aromatic rings. The van der Waals surface area contributed by atoms with Crippen molar-refractivity contribution >= 4 is 23.4 Å². The van der Waals surface area contributed by atoms with Crippen LogP contribution in [0.25, 0.3) is 0 Å². The predicted molar refractivity (Wildman–Crippen MR) is 109 cm³/mol. The van der Waals surface area contributed by atoms with Gasteiger partial charge in [-0.05, 0) is 63.1 Å². The van der Waals surface area contributed by atoms with Crippen molar-refractivity contribution in [3.8, 4) is 0 Å². The van der Waals surface area contributed by atoms with Crippen LogP contribution in [0.2, 0.25) is 5.02 Å². The normalized spacial score (nSPS) is 23.4. The number of allylic oxidation sites excluding steroid dienone is 3. The van der Waals surface area contributed by atoms with Crippen LogP contribution >= 0.6 is 11.6 Å². The van der Waals surface area contributed by atoms with Crippen LogP contribution in [-0.2, 0) is 14.3 Å². The van der Waals surface area contributed by atoms with E-state index in [1.807, 2.05) is 31.2 Å². The van der Waals surface area contributed by atoms with Gasteiger partial charge in [-0.1, -0.05) is 30.2 Å². The second-order valence-electron chi connectivity index (χ2n) is 7.98. The van der Waals surface area contributed by atoms with Crippen molar-refractivity contribution in [2.24, 2.45) is 0 Å². The summed E-state index contributed by atoms with van der Waals surface area (Å²) in [5.74, 6) is -0.580. The van der Waals surface area contributed by atoms with Gasteiger partial charge in [-0.3, -0.25) is 4.79 Å². The van der Waals surface area contributed by atoms with Crippen molar-refractivity contribution < 1.29 is 14.3 Å². The highest BCUT2D eigenvalue weighted by molar-refractivity contribution is 6.30. The van der Waals surface area contributed by atoms with Gasteiger partial charge >= 0.3 is 5.97 Å². The molecule has 3 aliphatic rings. The maximum atomic E-state index is 13.2. The number of halogens is 1. The lowest BCUT2D eigenvalue weighted by molar-refractivity contribution is -0.146. The maximum absolute atomic E-state index is 13.2. The first-order chi connectivity index (χ1) is 13.5. The molecule has 0 saturated heterocycles. The van der Waals surface area contributed by atoms with Crippen LogP contribution in [0, 0.1) is 0 Å². The first kappa shape index (κ1) is 19.3. The molecule has 0 unspecified atom stereocenters. The van der Waals surface area contributed by atoms with Crippen molar-refractivity contribution in [1.82, 2.24) is 5.32 Å². The van der Waals surface area contributed by atoms with Crippen LogP contribution in [0.15, 0.2) is 46.8 Å². The second kappa shape index (κ2) is 8.12. The molecular weight excluding hydrogens is 374 g/mol. The molecule has 1 N–H and O–H groups in total. The number of hydrogen-bond acceptors (Lipinski definition) is 4. The molecule has 1 heterocycles. The number of ether oxygens (including phenoxy) is 1. The Labute approximate surface area is 171 Å². The summed E-state index contributed by atoms with van der Waals surface area (Å²) in [5.41, 5.74) is 3.91. The third-order valence-corrected chi connectivity index (χ3v) is 6.28. The lowest BCUT2D eigenvalue weighted by atomic mass is 9.75. The van der Waals surface area contributed by atoms with Crippen LogP contribution in [0.4, 0.5) is 0 Å². The first-order valence-corrected chi connectivity index (χ1v) is 10.6. The third-order valence-electron chi connectivity index (χ3n) is 6.03. The number of Topliss-reactive ketones (excluding diaryl/α,β-unsaturated/α-hetero) is 1. The van der Waals surface area contributed by atoms with Gasteiger partial charge in [-0.2, -0.15) is 0 Å². The van der Waals surface area contributed by atoms with Gasteiger partial charge in [-0.15, -0.1) is 0 Å². The molecule has 148 valence electrons. The minimum atomic E-state index is -0.391. The quantitative estimate of drug-likeness (QED) is 0.711. The van der Waals surface area contributed by atoms with Gasteiger partial charge in [0.2, 0.25) is 0 Å². The van der Waals surface area contributed by atoms with E-state index < -0.39 is 5.92 Å². The fourth-order valence-electron chi connectivity index (χ4n) is 4.64. The lowest BCUT2D eigenvalue weighted by Crippen LogP contribution is -2.35. The van der Waals surface area contributed by atoms with Gasteiger partial charge in [0, 0.05) is 34.3 Å². The molecule has 1 aromatic carbocycles. The topological polar surface area (TPSA) is 55.4 Å². The van der Waals surface area contributed by atoms with Gasteiger partial charge in [0.15, 0.2) is 5.78 Å². The number of rotatable bonds is 3. The largest absolute Gasteiger partial charge is 0.459 e. The van der Waals surface area contributed by atoms with E-state index >= 15 is 0 Å². The van der Waals surface area contributed by atoms with Crippen LogP contribution in [0.1, 0.15) is 69.8 Å². The van der Waals surface area contributed by atoms with Crippen LogP contribution in [-0.4, -0.2) is 17.9 Å². The Bertz CT molecular complexity index is 847. The van der Waals surface area contributed by atoms with Gasteiger partial charge in [0.05, 0.1) is 5.57 Å². The number of hydrogen-bond donors (Lipinski definition) is 1. The van der Waals surface area contributed by atoms with Crippen molar-refractivity contribution in [1.29, 1.82) is 0 Å².